The van der Waals surface area contributed by atoms with Crippen molar-refractivity contribution in [3.05, 3.63) is 0 Å². The highest BCUT2D eigenvalue weighted by atomic mass is 16.2. The van der Waals surface area contributed by atoms with Crippen LogP contribution >= 0.6 is 0 Å². The van der Waals surface area contributed by atoms with Gasteiger partial charge in [-0.05, 0) is 39.4 Å². The Labute approximate surface area is 110 Å². The molecule has 2 N–H and O–H groups in total. The van der Waals surface area contributed by atoms with Crippen molar-refractivity contribution >= 4 is 6.03 Å². The fraction of sp³-hybridized carbons (Fsp3) is 0.923. The summed E-state index contributed by atoms with van der Waals surface area (Å²) < 4.78 is 0. The van der Waals surface area contributed by atoms with Crippen molar-refractivity contribution < 1.29 is 4.79 Å². The molecule has 2 aliphatic heterocycles. The van der Waals surface area contributed by atoms with Gasteiger partial charge in [0.1, 0.15) is 0 Å². The Morgan fingerprint density at radius 2 is 2.22 bits per heavy atom. The average Bonchev–Trinajstić information content (AvgIpc) is 2.80. The summed E-state index contributed by atoms with van der Waals surface area (Å²) in [4.78, 5) is 16.0. The molecule has 1 unspecified atom stereocenters. The van der Waals surface area contributed by atoms with Gasteiger partial charge in [-0.15, -0.1) is 0 Å². The molecule has 2 fully saturated rings. The lowest BCUT2D eigenvalue weighted by Gasteiger charge is -2.36. The molecule has 0 radical (unpaired) electrons. The minimum Gasteiger partial charge on any atom is -0.336 e. The Morgan fingerprint density at radius 1 is 1.33 bits per heavy atom. The lowest BCUT2D eigenvalue weighted by atomic mass is 9.99. The average molecular weight is 254 g/mol. The van der Waals surface area contributed by atoms with Crippen LogP contribution in [0.15, 0.2) is 0 Å². The molecule has 104 valence electrons. The number of nitrogens with one attached hydrogen (secondary N) is 2. The highest BCUT2D eigenvalue weighted by Crippen LogP contribution is 2.19. The van der Waals surface area contributed by atoms with E-state index in [1.54, 1.807) is 0 Å². The van der Waals surface area contributed by atoms with Crippen molar-refractivity contribution in [3.8, 4) is 0 Å². The van der Waals surface area contributed by atoms with Gasteiger partial charge in [-0.1, -0.05) is 6.42 Å². The normalized spacial score (nSPS) is 25.5. The zero-order chi connectivity index (χ0) is 12.8. The van der Waals surface area contributed by atoms with Gasteiger partial charge in [0, 0.05) is 32.2 Å². The molecule has 0 aliphatic carbocycles. The van der Waals surface area contributed by atoms with E-state index in [2.05, 4.69) is 15.5 Å². The van der Waals surface area contributed by atoms with Gasteiger partial charge in [0.05, 0.1) is 0 Å². The van der Waals surface area contributed by atoms with E-state index >= 15 is 0 Å². The van der Waals surface area contributed by atoms with Crippen LogP contribution in [-0.2, 0) is 0 Å². The van der Waals surface area contributed by atoms with Gasteiger partial charge in [-0.3, -0.25) is 4.90 Å². The molecule has 2 aliphatic rings. The summed E-state index contributed by atoms with van der Waals surface area (Å²) >= 11 is 0. The first-order valence-electron chi connectivity index (χ1n) is 7.22. The quantitative estimate of drug-likeness (QED) is 0.724. The van der Waals surface area contributed by atoms with Crippen LogP contribution in [0, 0.1) is 0 Å². The van der Waals surface area contributed by atoms with Crippen molar-refractivity contribution in [1.82, 2.24) is 20.4 Å². The van der Waals surface area contributed by atoms with E-state index in [4.69, 9.17) is 0 Å². The Balaban J connectivity index is 1.76. The van der Waals surface area contributed by atoms with Crippen LogP contribution in [-0.4, -0.2) is 68.2 Å². The highest BCUT2D eigenvalue weighted by molar-refractivity contribution is 5.76. The molecule has 0 spiro atoms. The number of amides is 2. The molecular weight excluding hydrogens is 228 g/mol. The van der Waals surface area contributed by atoms with Crippen molar-refractivity contribution in [2.75, 3.05) is 46.3 Å². The summed E-state index contributed by atoms with van der Waals surface area (Å²) in [7, 11) is 2.02. The van der Waals surface area contributed by atoms with Gasteiger partial charge in [-0.25, -0.2) is 4.79 Å². The van der Waals surface area contributed by atoms with E-state index in [-0.39, 0.29) is 6.03 Å². The van der Waals surface area contributed by atoms with E-state index in [1.807, 2.05) is 11.9 Å². The fourth-order valence-electron chi connectivity index (χ4n) is 2.97. The number of rotatable bonds is 6. The highest BCUT2D eigenvalue weighted by Gasteiger charge is 2.24. The number of carbonyl (C=O) groups is 1. The largest absolute Gasteiger partial charge is 0.336 e. The smallest absolute Gasteiger partial charge is 0.317 e. The molecule has 5 nitrogen and oxygen atoms in total. The van der Waals surface area contributed by atoms with Crippen molar-refractivity contribution in [2.24, 2.45) is 0 Å². The third-order valence-corrected chi connectivity index (χ3v) is 4.08. The van der Waals surface area contributed by atoms with Gasteiger partial charge in [-0.2, -0.15) is 0 Å². The maximum atomic E-state index is 11.5. The Kier molecular flexibility index (Phi) is 5.26. The van der Waals surface area contributed by atoms with E-state index in [1.165, 1.54) is 32.2 Å². The summed E-state index contributed by atoms with van der Waals surface area (Å²) in [6.45, 7) is 5.87. The van der Waals surface area contributed by atoms with E-state index in [0.29, 0.717) is 6.04 Å². The molecule has 0 aromatic heterocycles. The van der Waals surface area contributed by atoms with Crippen LogP contribution in [0.1, 0.15) is 25.7 Å². The van der Waals surface area contributed by atoms with Crippen LogP contribution in [0.4, 0.5) is 4.79 Å². The Morgan fingerprint density at radius 3 is 2.94 bits per heavy atom. The third-order valence-electron chi connectivity index (χ3n) is 4.08. The monoisotopic (exact) mass is 254 g/mol. The molecule has 2 amide bonds. The SMILES string of the molecule is CNCCC1CCCCN1CCN1CCNC1=O. The molecule has 1 atom stereocenters. The molecule has 2 saturated heterocycles. The maximum absolute atomic E-state index is 11.5. The second-order valence-corrected chi connectivity index (χ2v) is 5.30. The number of piperidine rings is 1. The standard InChI is InChI=1S/C13H26N4O/c1-14-6-5-12-4-2-3-8-16(12)10-11-17-9-7-15-13(17)18/h12,14H,2-11H2,1H3,(H,15,18). The Hall–Kier alpha value is -0.810. The third kappa shape index (κ3) is 3.59. The minimum atomic E-state index is 0.110. The number of urea groups is 1. The predicted octanol–water partition coefficient (Wildman–Crippen LogP) is 0.476. The number of nitrogens with zero attached hydrogens (tertiary/aromatic N) is 2. The van der Waals surface area contributed by atoms with Crippen LogP contribution in [0.25, 0.3) is 0 Å². The first-order chi connectivity index (χ1) is 8.81. The second-order valence-electron chi connectivity index (χ2n) is 5.30. The number of hydrogen-bond donors (Lipinski definition) is 2. The lowest BCUT2D eigenvalue weighted by molar-refractivity contribution is 0.128. The summed E-state index contributed by atoms with van der Waals surface area (Å²) in [5.41, 5.74) is 0. The fourth-order valence-corrected chi connectivity index (χ4v) is 2.97. The molecule has 0 bridgehead atoms. The first kappa shape index (κ1) is 13.6. The topological polar surface area (TPSA) is 47.6 Å². The molecule has 18 heavy (non-hydrogen) atoms. The second kappa shape index (κ2) is 6.95. The van der Waals surface area contributed by atoms with E-state index in [0.717, 1.165) is 32.7 Å². The van der Waals surface area contributed by atoms with Gasteiger partial charge < -0.3 is 15.5 Å². The summed E-state index contributed by atoms with van der Waals surface area (Å²) in [5.74, 6) is 0. The molecule has 0 saturated carbocycles. The maximum Gasteiger partial charge on any atom is 0.317 e. The summed E-state index contributed by atoms with van der Waals surface area (Å²) in [5, 5.41) is 6.10. The van der Waals surface area contributed by atoms with E-state index in [9.17, 15) is 4.79 Å². The van der Waals surface area contributed by atoms with Crippen molar-refractivity contribution in [1.29, 1.82) is 0 Å². The van der Waals surface area contributed by atoms with Crippen molar-refractivity contribution in [2.45, 2.75) is 31.7 Å². The molecule has 2 heterocycles. The summed E-state index contributed by atoms with van der Waals surface area (Å²) in [6.07, 6.45) is 5.20. The molecular formula is C13H26N4O. The van der Waals surface area contributed by atoms with Crippen LogP contribution < -0.4 is 10.6 Å². The zero-order valence-corrected chi connectivity index (χ0v) is 11.5. The number of likely N-dealkylation sites (tertiary alicyclic amines) is 1. The van der Waals surface area contributed by atoms with E-state index < -0.39 is 0 Å². The van der Waals surface area contributed by atoms with Gasteiger partial charge in [0.15, 0.2) is 0 Å². The van der Waals surface area contributed by atoms with Gasteiger partial charge >= 0.3 is 6.03 Å². The van der Waals surface area contributed by atoms with Crippen LogP contribution in [0.3, 0.4) is 0 Å². The van der Waals surface area contributed by atoms with Crippen molar-refractivity contribution in [3.63, 3.8) is 0 Å². The number of hydrogen-bond acceptors (Lipinski definition) is 3. The minimum absolute atomic E-state index is 0.110. The summed E-state index contributed by atoms with van der Waals surface area (Å²) in [6, 6.07) is 0.815. The predicted molar refractivity (Wildman–Crippen MR) is 72.7 cm³/mol. The van der Waals surface area contributed by atoms with Gasteiger partial charge in [0.25, 0.3) is 0 Å². The molecule has 5 heteroatoms. The van der Waals surface area contributed by atoms with Crippen LogP contribution in [0.5, 0.6) is 0 Å². The molecule has 2 rings (SSSR count). The Bertz CT molecular complexity index is 272. The lowest BCUT2D eigenvalue weighted by Crippen LogP contribution is -2.45. The molecule has 0 aromatic rings. The van der Waals surface area contributed by atoms with Crippen LogP contribution in [0.2, 0.25) is 0 Å². The molecule has 0 aromatic carbocycles. The van der Waals surface area contributed by atoms with Gasteiger partial charge in [0.2, 0.25) is 0 Å². The first-order valence-corrected chi connectivity index (χ1v) is 7.22. The number of carbonyl (C=O) groups excluding carboxylic acids is 1. The zero-order valence-electron chi connectivity index (χ0n) is 11.5.